The van der Waals surface area contributed by atoms with Crippen LogP contribution in [0.1, 0.15) is 34.1 Å². The Balaban J connectivity index is 2.24. The standard InChI is InChI=1S/C13H20O5/c1-9(14)17-11-6-5-10(7-11)16-8-12(15)18-13(2,3)4/h5-6,10-11H,7-8H2,1-4H3/t10-,11+/m1/s1. The molecular formula is C13H20O5. The molecule has 0 radical (unpaired) electrons. The maximum Gasteiger partial charge on any atom is 0.332 e. The number of hydrogen-bond donors (Lipinski definition) is 0. The van der Waals surface area contributed by atoms with Gasteiger partial charge in [0, 0.05) is 13.3 Å². The first-order chi connectivity index (χ1) is 8.26. The predicted octanol–water partition coefficient (Wildman–Crippen LogP) is 1.60. The van der Waals surface area contributed by atoms with Crippen LogP contribution in [0.3, 0.4) is 0 Å². The Morgan fingerprint density at radius 2 is 1.83 bits per heavy atom. The number of rotatable bonds is 4. The lowest BCUT2D eigenvalue weighted by molar-refractivity contribution is -0.162. The predicted molar refractivity (Wildman–Crippen MR) is 64.9 cm³/mol. The van der Waals surface area contributed by atoms with Crippen LogP contribution in [-0.2, 0) is 23.8 Å². The minimum atomic E-state index is -0.508. The van der Waals surface area contributed by atoms with Gasteiger partial charge in [-0.1, -0.05) is 6.08 Å². The van der Waals surface area contributed by atoms with Gasteiger partial charge in [-0.25, -0.2) is 4.79 Å². The second kappa shape index (κ2) is 6.00. The molecule has 0 aromatic heterocycles. The molecule has 0 N–H and O–H groups in total. The van der Waals surface area contributed by atoms with Crippen LogP contribution in [0.15, 0.2) is 12.2 Å². The highest BCUT2D eigenvalue weighted by Gasteiger charge is 2.23. The third-order valence-electron chi connectivity index (χ3n) is 2.16. The van der Waals surface area contributed by atoms with E-state index in [1.807, 2.05) is 0 Å². The summed E-state index contributed by atoms with van der Waals surface area (Å²) in [7, 11) is 0. The molecule has 0 saturated carbocycles. The molecule has 18 heavy (non-hydrogen) atoms. The Kier molecular flexibility index (Phi) is 4.90. The fourth-order valence-corrected chi connectivity index (χ4v) is 1.60. The minimum absolute atomic E-state index is 0.0981. The van der Waals surface area contributed by atoms with E-state index in [1.54, 1.807) is 32.9 Å². The van der Waals surface area contributed by atoms with E-state index in [4.69, 9.17) is 14.2 Å². The second-order valence-electron chi connectivity index (χ2n) is 5.20. The normalized spacial score (nSPS) is 22.9. The maximum atomic E-state index is 11.4. The molecule has 0 amide bonds. The first kappa shape index (κ1) is 14.7. The Morgan fingerprint density at radius 1 is 1.22 bits per heavy atom. The molecule has 0 aliphatic heterocycles. The van der Waals surface area contributed by atoms with Gasteiger partial charge in [-0.15, -0.1) is 0 Å². The molecule has 0 aromatic rings. The van der Waals surface area contributed by atoms with Gasteiger partial charge in [0.1, 0.15) is 18.3 Å². The number of esters is 2. The molecule has 0 aromatic carbocycles. The summed E-state index contributed by atoms with van der Waals surface area (Å²) in [4.78, 5) is 22.2. The van der Waals surface area contributed by atoms with Crippen molar-refractivity contribution < 1.29 is 23.8 Å². The zero-order chi connectivity index (χ0) is 13.8. The van der Waals surface area contributed by atoms with Crippen LogP contribution < -0.4 is 0 Å². The van der Waals surface area contributed by atoms with Crippen molar-refractivity contribution in [1.29, 1.82) is 0 Å². The summed E-state index contributed by atoms with van der Waals surface area (Å²) in [5, 5.41) is 0. The van der Waals surface area contributed by atoms with Gasteiger partial charge < -0.3 is 14.2 Å². The summed E-state index contributed by atoms with van der Waals surface area (Å²) < 4.78 is 15.5. The third-order valence-corrected chi connectivity index (χ3v) is 2.16. The van der Waals surface area contributed by atoms with Gasteiger partial charge in [0.2, 0.25) is 0 Å². The highest BCUT2D eigenvalue weighted by Crippen LogP contribution is 2.17. The fraction of sp³-hybridized carbons (Fsp3) is 0.692. The van der Waals surface area contributed by atoms with Crippen LogP contribution in [0.4, 0.5) is 0 Å². The van der Waals surface area contributed by atoms with E-state index < -0.39 is 11.6 Å². The average Bonchev–Trinajstić information content (AvgIpc) is 2.59. The monoisotopic (exact) mass is 256 g/mol. The van der Waals surface area contributed by atoms with Gasteiger partial charge in [-0.2, -0.15) is 0 Å². The molecule has 0 heterocycles. The molecule has 1 rings (SSSR count). The summed E-state index contributed by atoms with van der Waals surface area (Å²) in [6.45, 7) is 6.67. The molecule has 5 heteroatoms. The molecule has 102 valence electrons. The van der Waals surface area contributed by atoms with Gasteiger partial charge in [-0.3, -0.25) is 4.79 Å². The molecule has 1 aliphatic carbocycles. The minimum Gasteiger partial charge on any atom is -0.458 e. The Labute approximate surface area is 107 Å². The van der Waals surface area contributed by atoms with E-state index in [-0.39, 0.29) is 24.8 Å². The lowest BCUT2D eigenvalue weighted by Crippen LogP contribution is -2.28. The summed E-state index contributed by atoms with van der Waals surface area (Å²) in [6, 6.07) is 0. The van der Waals surface area contributed by atoms with Gasteiger partial charge in [0.25, 0.3) is 0 Å². The molecule has 0 saturated heterocycles. The summed E-state index contributed by atoms with van der Waals surface area (Å²) in [6.07, 6.45) is 3.63. The summed E-state index contributed by atoms with van der Waals surface area (Å²) in [5.74, 6) is -0.718. The molecule has 1 aliphatic rings. The molecule has 0 spiro atoms. The highest BCUT2D eigenvalue weighted by atomic mass is 16.6. The van der Waals surface area contributed by atoms with Crippen molar-refractivity contribution >= 4 is 11.9 Å². The van der Waals surface area contributed by atoms with E-state index >= 15 is 0 Å². The molecular weight excluding hydrogens is 236 g/mol. The smallest absolute Gasteiger partial charge is 0.332 e. The molecule has 5 nitrogen and oxygen atoms in total. The van der Waals surface area contributed by atoms with E-state index in [0.717, 1.165) is 0 Å². The number of hydrogen-bond acceptors (Lipinski definition) is 5. The van der Waals surface area contributed by atoms with E-state index in [0.29, 0.717) is 6.42 Å². The Hall–Kier alpha value is -1.36. The van der Waals surface area contributed by atoms with Crippen LogP contribution >= 0.6 is 0 Å². The third kappa shape index (κ3) is 5.82. The zero-order valence-corrected chi connectivity index (χ0v) is 11.3. The number of ether oxygens (including phenoxy) is 3. The summed E-state index contributed by atoms with van der Waals surface area (Å²) in [5.41, 5.74) is -0.508. The fourth-order valence-electron chi connectivity index (χ4n) is 1.60. The van der Waals surface area contributed by atoms with Gasteiger partial charge in [0.15, 0.2) is 0 Å². The SMILES string of the molecule is CC(=O)O[C@H]1C=C[C@@H](OCC(=O)OC(C)(C)C)C1. The molecule has 0 unspecified atom stereocenters. The van der Waals surface area contributed by atoms with Crippen LogP contribution in [0.5, 0.6) is 0 Å². The van der Waals surface area contributed by atoms with E-state index in [2.05, 4.69) is 0 Å². The highest BCUT2D eigenvalue weighted by molar-refractivity contribution is 5.71. The average molecular weight is 256 g/mol. The first-order valence-corrected chi connectivity index (χ1v) is 5.95. The zero-order valence-electron chi connectivity index (χ0n) is 11.3. The van der Waals surface area contributed by atoms with Crippen molar-refractivity contribution in [1.82, 2.24) is 0 Å². The van der Waals surface area contributed by atoms with Crippen molar-refractivity contribution in [2.45, 2.75) is 51.9 Å². The summed E-state index contributed by atoms with van der Waals surface area (Å²) >= 11 is 0. The van der Waals surface area contributed by atoms with Crippen molar-refractivity contribution in [3.63, 3.8) is 0 Å². The van der Waals surface area contributed by atoms with E-state index in [9.17, 15) is 9.59 Å². The van der Waals surface area contributed by atoms with Crippen LogP contribution in [0.25, 0.3) is 0 Å². The van der Waals surface area contributed by atoms with Gasteiger partial charge >= 0.3 is 11.9 Å². The van der Waals surface area contributed by atoms with Crippen molar-refractivity contribution in [2.75, 3.05) is 6.61 Å². The molecule has 0 bridgehead atoms. The van der Waals surface area contributed by atoms with Gasteiger partial charge in [-0.05, 0) is 26.8 Å². The first-order valence-electron chi connectivity index (χ1n) is 5.95. The lowest BCUT2D eigenvalue weighted by atomic mass is 10.2. The lowest BCUT2D eigenvalue weighted by Gasteiger charge is -2.20. The number of carbonyl (C=O) groups excluding carboxylic acids is 2. The topological polar surface area (TPSA) is 61.8 Å². The quantitative estimate of drug-likeness (QED) is 0.565. The van der Waals surface area contributed by atoms with Crippen LogP contribution in [-0.4, -0.2) is 36.4 Å². The Bertz CT molecular complexity index is 340. The van der Waals surface area contributed by atoms with Crippen LogP contribution in [0.2, 0.25) is 0 Å². The molecule has 0 fully saturated rings. The van der Waals surface area contributed by atoms with Crippen molar-refractivity contribution in [2.24, 2.45) is 0 Å². The number of carbonyl (C=O) groups is 2. The second-order valence-corrected chi connectivity index (χ2v) is 5.20. The maximum absolute atomic E-state index is 11.4. The van der Waals surface area contributed by atoms with E-state index in [1.165, 1.54) is 6.92 Å². The van der Waals surface area contributed by atoms with Crippen LogP contribution in [0, 0.1) is 0 Å². The van der Waals surface area contributed by atoms with Crippen molar-refractivity contribution in [3.05, 3.63) is 12.2 Å². The Morgan fingerprint density at radius 3 is 2.39 bits per heavy atom. The molecule has 2 atom stereocenters. The van der Waals surface area contributed by atoms with Gasteiger partial charge in [0.05, 0.1) is 6.10 Å². The van der Waals surface area contributed by atoms with Crippen molar-refractivity contribution in [3.8, 4) is 0 Å². The largest absolute Gasteiger partial charge is 0.458 e.